The fourth-order valence-corrected chi connectivity index (χ4v) is 0.763. The van der Waals surface area contributed by atoms with Gasteiger partial charge in [0.15, 0.2) is 0 Å². The average Bonchev–Trinajstić information content (AvgIpc) is 1.89. The fourth-order valence-electron chi connectivity index (χ4n) is 0.254. The summed E-state index contributed by atoms with van der Waals surface area (Å²) in [5.74, 6) is 0. The minimum absolute atomic E-state index is 0.544. The Bertz CT molecular complexity index is 45.8. The number of rotatable bonds is 6. The molecule has 0 fully saturated rings. The van der Waals surface area contributed by atoms with Gasteiger partial charge in [0.2, 0.25) is 0 Å². The van der Waals surface area contributed by atoms with Gasteiger partial charge in [0.05, 0.1) is 13.2 Å². The molecule has 56 valence electrons. The number of hydrogen-bond donors (Lipinski definition) is 0. The molecule has 0 radical (unpaired) electrons. The molecule has 5 heteroatoms. The lowest BCUT2D eigenvalue weighted by Crippen LogP contribution is -2.05. The first-order valence-corrected chi connectivity index (χ1v) is 4.06. The van der Waals surface area contributed by atoms with Crippen molar-refractivity contribution in [3.05, 3.63) is 0 Å². The Morgan fingerprint density at radius 3 is 1.78 bits per heavy atom. The first kappa shape index (κ1) is 9.06. The van der Waals surface area contributed by atoms with Crippen molar-refractivity contribution in [3.8, 4) is 0 Å². The van der Waals surface area contributed by atoms with E-state index >= 15 is 0 Å². The lowest BCUT2D eigenvalue weighted by molar-refractivity contribution is -0.269. The van der Waals surface area contributed by atoms with Crippen LogP contribution >= 0.6 is 0 Å². The summed E-state index contributed by atoms with van der Waals surface area (Å²) in [6.45, 7) is 4.77. The molecule has 0 unspecified atom stereocenters. The summed E-state index contributed by atoms with van der Waals surface area (Å²) in [6, 6.07) is 0. The van der Waals surface area contributed by atoms with Gasteiger partial charge in [0.25, 0.3) is 0 Å². The van der Waals surface area contributed by atoms with Gasteiger partial charge in [0, 0.05) is 0 Å². The average molecular weight is 152 g/mol. The molecule has 0 N–H and O–H groups in total. The van der Waals surface area contributed by atoms with Crippen LogP contribution in [0.3, 0.4) is 0 Å². The Hall–Kier alpha value is 0.0569. The van der Waals surface area contributed by atoms with E-state index in [4.69, 9.17) is 0 Å². The Kier molecular flexibility index (Phi) is 8.11. The van der Waals surface area contributed by atoms with E-state index in [-0.39, 0.29) is 0 Å². The maximum atomic E-state index is 4.58. The van der Waals surface area contributed by atoms with Crippen LogP contribution in [0.5, 0.6) is 0 Å². The third kappa shape index (κ3) is 8.06. The van der Waals surface area contributed by atoms with Crippen molar-refractivity contribution >= 4 is 10.0 Å². The Labute approximate surface area is 57.0 Å². The topological polar surface area (TPSA) is 36.9 Å². The highest BCUT2D eigenvalue weighted by Crippen LogP contribution is 1.77. The van der Waals surface area contributed by atoms with E-state index in [1.807, 2.05) is 13.8 Å². The molecule has 0 bridgehead atoms. The minimum Gasteiger partial charge on any atom is -0.256 e. The molecule has 0 spiro atoms. The normalized spacial score (nSPS) is 10.0. The maximum Gasteiger partial charge on any atom is 0.382 e. The predicted molar refractivity (Wildman–Crippen MR) is 34.0 cm³/mol. The lowest BCUT2D eigenvalue weighted by atomic mass is 10.9. The van der Waals surface area contributed by atoms with Gasteiger partial charge in [-0.3, -0.25) is 9.15 Å². The molecular weight excluding hydrogens is 140 g/mol. The maximum absolute atomic E-state index is 4.58. The summed E-state index contributed by atoms with van der Waals surface area (Å²) < 4.78 is 9.15. The summed E-state index contributed by atoms with van der Waals surface area (Å²) in [5.41, 5.74) is 0. The summed E-state index contributed by atoms with van der Waals surface area (Å²) in [7, 11) is -1.06. The third-order valence-corrected chi connectivity index (χ3v) is 1.02. The molecule has 0 aromatic carbocycles. The summed E-state index contributed by atoms with van der Waals surface area (Å²) in [4.78, 5) is 9.07. The van der Waals surface area contributed by atoms with Crippen LogP contribution in [0.1, 0.15) is 13.8 Å². The zero-order chi connectivity index (χ0) is 6.95. The van der Waals surface area contributed by atoms with E-state index in [0.717, 1.165) is 0 Å². The molecule has 0 saturated heterocycles. The van der Waals surface area contributed by atoms with Gasteiger partial charge in [-0.1, -0.05) is 0 Å². The second-order valence-electron chi connectivity index (χ2n) is 1.17. The van der Waals surface area contributed by atoms with Crippen LogP contribution in [-0.4, -0.2) is 23.2 Å². The molecular formula is C4H12O4Si. The van der Waals surface area contributed by atoms with Gasteiger partial charge in [-0.05, 0) is 13.8 Å². The van der Waals surface area contributed by atoms with Crippen molar-refractivity contribution in [1.82, 2.24) is 0 Å². The Morgan fingerprint density at radius 2 is 1.44 bits per heavy atom. The van der Waals surface area contributed by atoms with Gasteiger partial charge in [0.1, 0.15) is 0 Å². The number of hydrogen-bond acceptors (Lipinski definition) is 4. The van der Waals surface area contributed by atoms with Crippen LogP contribution in [-0.2, 0) is 18.9 Å². The lowest BCUT2D eigenvalue weighted by Gasteiger charge is -2.00. The van der Waals surface area contributed by atoms with Gasteiger partial charge in [-0.25, -0.2) is 9.78 Å². The Balaban J connectivity index is 2.60. The van der Waals surface area contributed by atoms with E-state index in [0.29, 0.717) is 13.2 Å². The monoisotopic (exact) mass is 152 g/mol. The molecule has 0 aromatic heterocycles. The molecule has 0 heterocycles. The SMILES string of the molecule is CCOO[SiH2]OOCC. The van der Waals surface area contributed by atoms with Crippen LogP contribution < -0.4 is 0 Å². The quantitative estimate of drug-likeness (QED) is 0.231. The molecule has 4 nitrogen and oxygen atoms in total. The fraction of sp³-hybridized carbons (Fsp3) is 1.00. The van der Waals surface area contributed by atoms with Crippen LogP contribution in [0.2, 0.25) is 0 Å². The van der Waals surface area contributed by atoms with Crippen molar-refractivity contribution in [1.29, 1.82) is 0 Å². The summed E-state index contributed by atoms with van der Waals surface area (Å²) >= 11 is 0. The first-order chi connectivity index (χ1) is 4.41. The van der Waals surface area contributed by atoms with E-state index in [1.54, 1.807) is 0 Å². The van der Waals surface area contributed by atoms with Crippen LogP contribution in [0.4, 0.5) is 0 Å². The molecule has 0 aliphatic carbocycles. The second kappa shape index (κ2) is 8.06. The van der Waals surface area contributed by atoms with E-state index in [9.17, 15) is 0 Å². The molecule has 9 heavy (non-hydrogen) atoms. The van der Waals surface area contributed by atoms with Crippen molar-refractivity contribution in [3.63, 3.8) is 0 Å². The largest absolute Gasteiger partial charge is 0.382 e. The second-order valence-corrected chi connectivity index (χ2v) is 1.87. The zero-order valence-corrected chi connectivity index (χ0v) is 7.17. The molecule has 0 atom stereocenters. The minimum atomic E-state index is -1.06. The van der Waals surface area contributed by atoms with Gasteiger partial charge in [-0.15, -0.1) is 0 Å². The highest BCUT2D eigenvalue weighted by Gasteiger charge is 1.86. The smallest absolute Gasteiger partial charge is 0.256 e. The highest BCUT2D eigenvalue weighted by atomic mass is 28.3. The molecule has 0 rings (SSSR count). The van der Waals surface area contributed by atoms with Crippen LogP contribution in [0.15, 0.2) is 0 Å². The van der Waals surface area contributed by atoms with E-state index < -0.39 is 10.0 Å². The standard InChI is InChI=1S/C4H12O4Si/c1-3-5-7-9-8-6-4-2/h3-4,9H2,1-2H3. The van der Waals surface area contributed by atoms with E-state index in [2.05, 4.69) is 18.9 Å². The van der Waals surface area contributed by atoms with Crippen LogP contribution in [0, 0.1) is 0 Å². The summed E-state index contributed by atoms with van der Waals surface area (Å²) in [6.07, 6.45) is 0. The summed E-state index contributed by atoms with van der Waals surface area (Å²) in [5, 5.41) is 0. The highest BCUT2D eigenvalue weighted by molar-refractivity contribution is 6.17. The van der Waals surface area contributed by atoms with Crippen molar-refractivity contribution in [2.45, 2.75) is 13.8 Å². The zero-order valence-electron chi connectivity index (χ0n) is 5.75. The molecule has 0 aliphatic heterocycles. The molecule has 0 amide bonds. The van der Waals surface area contributed by atoms with Gasteiger partial charge in [-0.2, -0.15) is 0 Å². The van der Waals surface area contributed by atoms with Crippen molar-refractivity contribution in [2.24, 2.45) is 0 Å². The van der Waals surface area contributed by atoms with Gasteiger partial charge < -0.3 is 0 Å². The Morgan fingerprint density at radius 1 is 1.00 bits per heavy atom. The van der Waals surface area contributed by atoms with Crippen LogP contribution in [0.25, 0.3) is 0 Å². The van der Waals surface area contributed by atoms with Crippen molar-refractivity contribution < 1.29 is 18.9 Å². The molecule has 0 aromatic rings. The van der Waals surface area contributed by atoms with Gasteiger partial charge >= 0.3 is 10.0 Å². The van der Waals surface area contributed by atoms with E-state index in [1.165, 1.54) is 0 Å². The molecule has 0 saturated carbocycles. The third-order valence-electron chi connectivity index (χ3n) is 0.499. The molecule has 0 aliphatic rings. The van der Waals surface area contributed by atoms with Crippen molar-refractivity contribution in [2.75, 3.05) is 13.2 Å². The first-order valence-electron chi connectivity index (χ1n) is 2.90. The predicted octanol–water partition coefficient (Wildman–Crippen LogP) is -0.0786.